The van der Waals surface area contributed by atoms with E-state index in [0.717, 1.165) is 12.0 Å². The Hall–Kier alpha value is -3.29. The molecule has 0 spiro atoms. The van der Waals surface area contributed by atoms with Crippen molar-refractivity contribution in [2.45, 2.75) is 26.4 Å². The molecule has 1 amide bonds. The largest absolute Gasteiger partial charge is 0.346 e. The molecule has 3 heterocycles. The first-order valence-electron chi connectivity index (χ1n) is 7.99. The summed E-state index contributed by atoms with van der Waals surface area (Å²) >= 11 is 0. The molecular formula is C17H18N6O2. The van der Waals surface area contributed by atoms with Crippen LogP contribution in [0.5, 0.6) is 0 Å². The molecule has 8 heteroatoms. The highest BCUT2D eigenvalue weighted by Crippen LogP contribution is 2.10. The van der Waals surface area contributed by atoms with Crippen LogP contribution < -0.4 is 10.9 Å². The van der Waals surface area contributed by atoms with Gasteiger partial charge in [-0.2, -0.15) is 10.2 Å². The highest BCUT2D eigenvalue weighted by Gasteiger charge is 2.11. The number of pyridine rings is 1. The van der Waals surface area contributed by atoms with Gasteiger partial charge in [0.2, 0.25) is 0 Å². The third kappa shape index (κ3) is 3.79. The first-order chi connectivity index (χ1) is 12.2. The predicted molar refractivity (Wildman–Crippen MR) is 91.3 cm³/mol. The minimum absolute atomic E-state index is 0.206. The molecule has 8 nitrogen and oxygen atoms in total. The fourth-order valence-electron chi connectivity index (χ4n) is 2.38. The maximum absolute atomic E-state index is 12.4. The first-order valence-corrected chi connectivity index (χ1v) is 7.99. The van der Waals surface area contributed by atoms with Crippen molar-refractivity contribution in [2.24, 2.45) is 0 Å². The second kappa shape index (κ2) is 7.52. The molecule has 25 heavy (non-hydrogen) atoms. The number of rotatable bonds is 6. The summed E-state index contributed by atoms with van der Waals surface area (Å²) in [6, 6.07) is 8.26. The molecule has 0 radical (unpaired) electrons. The Bertz CT molecular complexity index is 917. The average molecular weight is 338 g/mol. The maximum Gasteiger partial charge on any atom is 0.271 e. The van der Waals surface area contributed by atoms with E-state index in [1.807, 2.05) is 13.0 Å². The van der Waals surface area contributed by atoms with Gasteiger partial charge in [0.05, 0.1) is 0 Å². The number of nitrogens with zero attached hydrogens (tertiary/aromatic N) is 5. The number of nitrogens with one attached hydrogen (secondary N) is 1. The van der Waals surface area contributed by atoms with E-state index >= 15 is 0 Å². The first kappa shape index (κ1) is 16.6. The van der Waals surface area contributed by atoms with Crippen LogP contribution in [0.2, 0.25) is 0 Å². The van der Waals surface area contributed by atoms with Gasteiger partial charge in [-0.15, -0.1) is 0 Å². The summed E-state index contributed by atoms with van der Waals surface area (Å²) in [5.74, 6) is 0.303. The van der Waals surface area contributed by atoms with Gasteiger partial charge in [-0.25, -0.2) is 14.3 Å². The standard InChI is InChI=1S/C17H18N6O2/c1-2-10-22-15(24)7-6-14(21-22)17(25)19-12-13-5-3-8-18-16(13)23-11-4-9-20-23/h3-9,11H,2,10,12H2,1H3,(H,19,25). The molecule has 0 aliphatic rings. The van der Waals surface area contributed by atoms with E-state index in [-0.39, 0.29) is 23.7 Å². The van der Waals surface area contributed by atoms with Crippen LogP contribution in [-0.2, 0) is 13.1 Å². The summed E-state index contributed by atoms with van der Waals surface area (Å²) in [6.45, 7) is 2.70. The second-order valence-electron chi connectivity index (χ2n) is 5.40. The lowest BCUT2D eigenvalue weighted by molar-refractivity contribution is 0.0943. The molecule has 0 fully saturated rings. The summed E-state index contributed by atoms with van der Waals surface area (Å²) < 4.78 is 2.94. The van der Waals surface area contributed by atoms with Crippen LogP contribution in [0.1, 0.15) is 29.4 Å². The average Bonchev–Trinajstić information content (AvgIpc) is 3.16. The zero-order valence-corrected chi connectivity index (χ0v) is 13.8. The zero-order chi connectivity index (χ0) is 17.6. The smallest absolute Gasteiger partial charge is 0.271 e. The Morgan fingerprint density at radius 2 is 2.08 bits per heavy atom. The highest BCUT2D eigenvalue weighted by atomic mass is 16.2. The van der Waals surface area contributed by atoms with Gasteiger partial charge in [0.25, 0.3) is 11.5 Å². The minimum Gasteiger partial charge on any atom is -0.346 e. The predicted octanol–water partition coefficient (Wildman–Crippen LogP) is 1.16. The fraction of sp³-hybridized carbons (Fsp3) is 0.235. The van der Waals surface area contributed by atoms with Gasteiger partial charge in [0.1, 0.15) is 5.69 Å². The van der Waals surface area contributed by atoms with Crippen LogP contribution in [0.15, 0.2) is 53.7 Å². The van der Waals surface area contributed by atoms with Crippen LogP contribution >= 0.6 is 0 Å². The lowest BCUT2D eigenvalue weighted by Gasteiger charge is -2.10. The van der Waals surface area contributed by atoms with Gasteiger partial charge in [0, 0.05) is 43.3 Å². The van der Waals surface area contributed by atoms with Crippen molar-refractivity contribution >= 4 is 5.91 Å². The van der Waals surface area contributed by atoms with E-state index in [4.69, 9.17) is 0 Å². The summed E-state index contributed by atoms with van der Waals surface area (Å²) in [5, 5.41) is 11.1. The fourth-order valence-corrected chi connectivity index (χ4v) is 2.38. The number of hydrogen-bond acceptors (Lipinski definition) is 5. The normalized spacial score (nSPS) is 10.6. The van der Waals surface area contributed by atoms with Gasteiger partial charge < -0.3 is 5.32 Å². The molecule has 3 aromatic heterocycles. The van der Waals surface area contributed by atoms with Gasteiger partial charge >= 0.3 is 0 Å². The van der Waals surface area contributed by atoms with Crippen LogP contribution in [-0.4, -0.2) is 30.5 Å². The number of carbonyl (C=O) groups excluding carboxylic acids is 1. The quantitative estimate of drug-likeness (QED) is 0.728. The van der Waals surface area contributed by atoms with Crippen LogP contribution in [0.4, 0.5) is 0 Å². The lowest BCUT2D eigenvalue weighted by Crippen LogP contribution is -2.29. The summed E-state index contributed by atoms with van der Waals surface area (Å²) in [7, 11) is 0. The number of carbonyl (C=O) groups is 1. The molecule has 0 saturated carbocycles. The number of hydrogen-bond donors (Lipinski definition) is 1. The van der Waals surface area contributed by atoms with E-state index in [1.165, 1.54) is 16.8 Å². The molecule has 3 aromatic rings. The number of amides is 1. The summed E-state index contributed by atoms with van der Waals surface area (Å²) in [6.07, 6.45) is 5.89. The molecule has 0 saturated heterocycles. The Labute approximate surface area is 144 Å². The van der Waals surface area contributed by atoms with Gasteiger partial charge in [0.15, 0.2) is 5.82 Å². The number of aryl methyl sites for hydroxylation is 1. The molecule has 0 bridgehead atoms. The molecule has 0 aliphatic heterocycles. The van der Waals surface area contributed by atoms with Crippen molar-refractivity contribution in [1.82, 2.24) is 29.9 Å². The lowest BCUT2D eigenvalue weighted by atomic mass is 10.2. The Kier molecular flexibility index (Phi) is 4.98. The monoisotopic (exact) mass is 338 g/mol. The van der Waals surface area contributed by atoms with Crippen molar-refractivity contribution < 1.29 is 4.79 Å². The van der Waals surface area contributed by atoms with E-state index in [2.05, 4.69) is 20.5 Å². The van der Waals surface area contributed by atoms with Gasteiger partial charge in [-0.1, -0.05) is 13.0 Å². The van der Waals surface area contributed by atoms with Crippen molar-refractivity contribution in [1.29, 1.82) is 0 Å². The van der Waals surface area contributed by atoms with Crippen molar-refractivity contribution in [3.05, 3.63) is 70.5 Å². The number of aromatic nitrogens is 5. The minimum atomic E-state index is -0.347. The Morgan fingerprint density at radius 3 is 2.84 bits per heavy atom. The van der Waals surface area contributed by atoms with E-state index in [9.17, 15) is 9.59 Å². The molecule has 1 N–H and O–H groups in total. The van der Waals surface area contributed by atoms with Crippen LogP contribution in [0.3, 0.4) is 0 Å². The van der Waals surface area contributed by atoms with Crippen LogP contribution in [0, 0.1) is 0 Å². The SMILES string of the molecule is CCCn1nc(C(=O)NCc2cccnc2-n2cccn2)ccc1=O. The Balaban J connectivity index is 1.75. The third-order valence-electron chi connectivity index (χ3n) is 3.56. The third-order valence-corrected chi connectivity index (χ3v) is 3.56. The van der Waals surface area contributed by atoms with E-state index < -0.39 is 0 Å². The molecule has 0 unspecified atom stereocenters. The molecule has 128 valence electrons. The zero-order valence-electron chi connectivity index (χ0n) is 13.8. The summed E-state index contributed by atoms with van der Waals surface area (Å²) in [5.41, 5.74) is 0.811. The topological polar surface area (TPSA) is 94.7 Å². The highest BCUT2D eigenvalue weighted by molar-refractivity contribution is 5.91. The molecular weight excluding hydrogens is 320 g/mol. The van der Waals surface area contributed by atoms with Gasteiger partial charge in [-0.05, 0) is 24.6 Å². The summed E-state index contributed by atoms with van der Waals surface area (Å²) in [4.78, 5) is 28.4. The maximum atomic E-state index is 12.4. The molecule has 0 aliphatic carbocycles. The van der Waals surface area contributed by atoms with Crippen LogP contribution in [0.25, 0.3) is 5.82 Å². The van der Waals surface area contributed by atoms with E-state index in [1.54, 1.807) is 35.4 Å². The second-order valence-corrected chi connectivity index (χ2v) is 5.40. The Morgan fingerprint density at radius 1 is 1.20 bits per heavy atom. The molecule has 0 atom stereocenters. The molecule has 0 aromatic carbocycles. The van der Waals surface area contributed by atoms with Crippen molar-refractivity contribution in [3.8, 4) is 5.82 Å². The van der Waals surface area contributed by atoms with Crippen molar-refractivity contribution in [2.75, 3.05) is 0 Å². The van der Waals surface area contributed by atoms with Crippen molar-refractivity contribution in [3.63, 3.8) is 0 Å². The molecule has 3 rings (SSSR count). The van der Waals surface area contributed by atoms with Gasteiger partial charge in [-0.3, -0.25) is 9.59 Å². The van der Waals surface area contributed by atoms with E-state index in [0.29, 0.717) is 12.4 Å².